The smallest absolute Gasteiger partial charge is 0.338 e. The van der Waals surface area contributed by atoms with E-state index in [1.807, 2.05) is 6.92 Å². The Labute approximate surface area is 164 Å². The highest BCUT2D eigenvalue weighted by molar-refractivity contribution is 5.99. The Balaban J connectivity index is 2.06. The number of methoxy groups -OCH3 is 3. The molecule has 0 amide bonds. The summed E-state index contributed by atoms with van der Waals surface area (Å²) in [4.78, 5) is 24.7. The van der Waals surface area contributed by atoms with Crippen molar-refractivity contribution in [1.29, 1.82) is 0 Å². The molecule has 150 valence electrons. The average Bonchev–Trinajstić information content (AvgIpc) is 2.74. The lowest BCUT2D eigenvalue weighted by Gasteiger charge is -2.11. The van der Waals surface area contributed by atoms with Crippen LogP contribution in [0.15, 0.2) is 36.4 Å². The summed E-state index contributed by atoms with van der Waals surface area (Å²) in [6.45, 7) is 2.34. The van der Waals surface area contributed by atoms with Crippen LogP contribution < -0.4 is 14.2 Å². The van der Waals surface area contributed by atoms with Gasteiger partial charge in [0, 0.05) is 17.7 Å². The van der Waals surface area contributed by atoms with E-state index in [1.54, 1.807) is 43.5 Å². The van der Waals surface area contributed by atoms with Gasteiger partial charge in [-0.2, -0.15) is 0 Å². The van der Waals surface area contributed by atoms with Gasteiger partial charge in [0.25, 0.3) is 0 Å². The summed E-state index contributed by atoms with van der Waals surface area (Å²) in [6, 6.07) is 9.64. The van der Waals surface area contributed by atoms with E-state index in [-0.39, 0.29) is 12.4 Å². The van der Waals surface area contributed by atoms with Gasteiger partial charge < -0.3 is 23.7 Å². The maximum atomic E-state index is 12.3. The molecule has 0 N–H and O–H groups in total. The predicted octanol–water partition coefficient (Wildman–Crippen LogP) is 3.29. The standard InChI is InChI=1S/C21H24O7/c1-5-27-12-16-10-15(7-8-18(16)24-2)21(23)28-13-17(22)14-6-9-19(25-3)20(11-14)26-4/h6-11H,5,12-13H2,1-4H3. The van der Waals surface area contributed by atoms with Crippen molar-refractivity contribution in [2.75, 3.05) is 34.5 Å². The van der Waals surface area contributed by atoms with E-state index >= 15 is 0 Å². The summed E-state index contributed by atoms with van der Waals surface area (Å²) in [6.07, 6.45) is 0. The molecule has 2 aromatic rings. The van der Waals surface area contributed by atoms with Gasteiger partial charge >= 0.3 is 5.97 Å². The fourth-order valence-corrected chi connectivity index (χ4v) is 2.54. The van der Waals surface area contributed by atoms with Gasteiger partial charge in [-0.3, -0.25) is 4.79 Å². The first-order valence-electron chi connectivity index (χ1n) is 8.71. The third kappa shape index (κ3) is 5.23. The van der Waals surface area contributed by atoms with Crippen LogP contribution in [0.2, 0.25) is 0 Å². The van der Waals surface area contributed by atoms with Crippen molar-refractivity contribution in [2.24, 2.45) is 0 Å². The monoisotopic (exact) mass is 388 g/mol. The zero-order valence-corrected chi connectivity index (χ0v) is 16.4. The normalized spacial score (nSPS) is 10.3. The van der Waals surface area contributed by atoms with Crippen molar-refractivity contribution in [2.45, 2.75) is 13.5 Å². The molecule has 28 heavy (non-hydrogen) atoms. The SMILES string of the molecule is CCOCc1cc(C(=O)OCC(=O)c2ccc(OC)c(OC)c2)ccc1OC. The molecule has 2 rings (SSSR count). The number of esters is 1. The van der Waals surface area contributed by atoms with Crippen LogP contribution in [0, 0.1) is 0 Å². The maximum Gasteiger partial charge on any atom is 0.338 e. The van der Waals surface area contributed by atoms with Gasteiger partial charge in [0.2, 0.25) is 0 Å². The molecule has 0 aliphatic rings. The fraction of sp³-hybridized carbons (Fsp3) is 0.333. The fourth-order valence-electron chi connectivity index (χ4n) is 2.54. The Bertz CT molecular complexity index is 829. The van der Waals surface area contributed by atoms with Crippen LogP contribution in [-0.2, 0) is 16.1 Å². The quantitative estimate of drug-likeness (QED) is 0.456. The average molecular weight is 388 g/mol. The van der Waals surface area contributed by atoms with Crippen LogP contribution in [0.4, 0.5) is 0 Å². The molecule has 0 bridgehead atoms. The number of ketones is 1. The third-order valence-corrected chi connectivity index (χ3v) is 4.02. The second kappa shape index (κ2) is 10.3. The van der Waals surface area contributed by atoms with Gasteiger partial charge in [-0.25, -0.2) is 4.79 Å². The topological polar surface area (TPSA) is 80.3 Å². The molecule has 7 nitrogen and oxygen atoms in total. The van der Waals surface area contributed by atoms with Crippen LogP contribution in [0.3, 0.4) is 0 Å². The molecule has 0 saturated carbocycles. The largest absolute Gasteiger partial charge is 0.496 e. The Morgan fingerprint density at radius 3 is 2.11 bits per heavy atom. The molecule has 0 aromatic heterocycles. The molecule has 0 unspecified atom stereocenters. The third-order valence-electron chi connectivity index (χ3n) is 4.02. The molecule has 0 heterocycles. The van der Waals surface area contributed by atoms with Crippen LogP contribution in [-0.4, -0.2) is 46.3 Å². The van der Waals surface area contributed by atoms with Crippen molar-refractivity contribution >= 4 is 11.8 Å². The molecule has 0 radical (unpaired) electrons. The van der Waals surface area contributed by atoms with E-state index in [0.29, 0.717) is 41.6 Å². The van der Waals surface area contributed by atoms with Gasteiger partial charge in [-0.05, 0) is 43.3 Å². The highest BCUT2D eigenvalue weighted by atomic mass is 16.5. The van der Waals surface area contributed by atoms with Crippen molar-refractivity contribution in [3.8, 4) is 17.2 Å². The van der Waals surface area contributed by atoms with E-state index in [4.69, 9.17) is 23.7 Å². The summed E-state index contributed by atoms with van der Waals surface area (Å²) in [5.41, 5.74) is 1.40. The van der Waals surface area contributed by atoms with E-state index in [2.05, 4.69) is 0 Å². The summed E-state index contributed by atoms with van der Waals surface area (Å²) in [5, 5.41) is 0. The van der Waals surface area contributed by atoms with Gasteiger partial charge in [-0.1, -0.05) is 0 Å². The summed E-state index contributed by atoms with van der Waals surface area (Å²) >= 11 is 0. The first-order valence-corrected chi connectivity index (χ1v) is 8.71. The van der Waals surface area contributed by atoms with Crippen LogP contribution >= 0.6 is 0 Å². The number of carbonyl (C=O) groups is 2. The Hall–Kier alpha value is -3.06. The molecule has 0 aliphatic heterocycles. The van der Waals surface area contributed by atoms with Gasteiger partial charge in [0.05, 0.1) is 33.5 Å². The zero-order chi connectivity index (χ0) is 20.5. The number of Topliss-reactive ketones (excluding diaryl/α,β-unsaturated/α-hetero) is 1. The Morgan fingerprint density at radius 2 is 1.46 bits per heavy atom. The van der Waals surface area contributed by atoms with Gasteiger partial charge in [-0.15, -0.1) is 0 Å². The molecular formula is C21H24O7. The lowest BCUT2D eigenvalue weighted by atomic mass is 10.1. The highest BCUT2D eigenvalue weighted by Gasteiger charge is 2.16. The number of benzene rings is 2. The molecule has 0 atom stereocenters. The molecule has 0 aliphatic carbocycles. The Morgan fingerprint density at radius 1 is 0.821 bits per heavy atom. The van der Waals surface area contributed by atoms with E-state index in [9.17, 15) is 9.59 Å². The minimum Gasteiger partial charge on any atom is -0.496 e. The first-order chi connectivity index (χ1) is 13.5. The number of ether oxygens (including phenoxy) is 5. The van der Waals surface area contributed by atoms with Crippen LogP contribution in [0.1, 0.15) is 33.2 Å². The number of hydrogen-bond acceptors (Lipinski definition) is 7. The maximum absolute atomic E-state index is 12.3. The van der Waals surface area contributed by atoms with Crippen molar-refractivity contribution < 1.29 is 33.3 Å². The molecule has 0 saturated heterocycles. The number of rotatable bonds is 10. The summed E-state index contributed by atoms with van der Waals surface area (Å²) in [7, 11) is 4.54. The molecule has 7 heteroatoms. The van der Waals surface area contributed by atoms with E-state index in [0.717, 1.165) is 5.56 Å². The number of carbonyl (C=O) groups excluding carboxylic acids is 2. The van der Waals surface area contributed by atoms with Gasteiger partial charge in [0.1, 0.15) is 5.75 Å². The molecule has 0 fully saturated rings. The molecule has 0 spiro atoms. The second-order valence-corrected chi connectivity index (χ2v) is 5.73. The van der Waals surface area contributed by atoms with Crippen LogP contribution in [0.25, 0.3) is 0 Å². The van der Waals surface area contributed by atoms with Gasteiger partial charge in [0.15, 0.2) is 23.9 Å². The highest BCUT2D eigenvalue weighted by Crippen LogP contribution is 2.27. The zero-order valence-electron chi connectivity index (χ0n) is 16.4. The minimum absolute atomic E-state index is 0.311. The Kier molecular flexibility index (Phi) is 7.83. The lowest BCUT2D eigenvalue weighted by Crippen LogP contribution is -2.15. The second-order valence-electron chi connectivity index (χ2n) is 5.73. The summed E-state index contributed by atoms with van der Waals surface area (Å²) < 4.78 is 26.1. The van der Waals surface area contributed by atoms with E-state index in [1.165, 1.54) is 14.2 Å². The molecule has 2 aromatic carbocycles. The van der Waals surface area contributed by atoms with E-state index < -0.39 is 5.97 Å². The predicted molar refractivity (Wildman–Crippen MR) is 102 cm³/mol. The number of hydrogen-bond donors (Lipinski definition) is 0. The first kappa shape index (κ1) is 21.2. The minimum atomic E-state index is -0.603. The summed E-state index contributed by atoms with van der Waals surface area (Å²) in [5.74, 6) is 0.601. The van der Waals surface area contributed by atoms with Crippen molar-refractivity contribution in [3.63, 3.8) is 0 Å². The van der Waals surface area contributed by atoms with Crippen molar-refractivity contribution in [3.05, 3.63) is 53.1 Å². The van der Waals surface area contributed by atoms with Crippen molar-refractivity contribution in [1.82, 2.24) is 0 Å². The molecular weight excluding hydrogens is 364 g/mol. The lowest BCUT2D eigenvalue weighted by molar-refractivity contribution is 0.0474. The van der Waals surface area contributed by atoms with Crippen LogP contribution in [0.5, 0.6) is 17.2 Å².